The monoisotopic (exact) mass is 398 g/mol. The predicted molar refractivity (Wildman–Crippen MR) is 88.2 cm³/mol. The van der Waals surface area contributed by atoms with Gasteiger partial charge < -0.3 is 10.1 Å². The summed E-state index contributed by atoms with van der Waals surface area (Å²) in [4.78, 5) is 4.51. The summed E-state index contributed by atoms with van der Waals surface area (Å²) < 4.78 is 7.61. The molecule has 0 aliphatic rings. The van der Waals surface area contributed by atoms with Crippen molar-refractivity contribution in [2.24, 2.45) is 0 Å². The van der Waals surface area contributed by atoms with Gasteiger partial charge in [-0.05, 0) is 58.0 Å². The van der Waals surface area contributed by atoms with Crippen LogP contribution in [0.25, 0.3) is 0 Å². The van der Waals surface area contributed by atoms with E-state index in [0.717, 1.165) is 26.0 Å². The van der Waals surface area contributed by atoms with E-state index in [4.69, 9.17) is 4.74 Å². The Bertz CT molecular complexity index is 590. The van der Waals surface area contributed by atoms with Crippen molar-refractivity contribution < 1.29 is 4.74 Å². The molecule has 0 bridgehead atoms. The molecule has 0 radical (unpaired) electrons. The lowest BCUT2D eigenvalue weighted by atomic mass is 10.0. The number of pyridine rings is 1. The molecule has 0 aliphatic carbocycles. The second kappa shape index (κ2) is 7.20. The summed E-state index contributed by atoms with van der Waals surface area (Å²) >= 11 is 7.00. The van der Waals surface area contributed by atoms with Crippen molar-refractivity contribution in [3.8, 4) is 5.75 Å². The van der Waals surface area contributed by atoms with Crippen LogP contribution in [0, 0.1) is 0 Å². The van der Waals surface area contributed by atoms with Gasteiger partial charge in [0, 0.05) is 20.7 Å². The van der Waals surface area contributed by atoms with E-state index in [-0.39, 0.29) is 6.04 Å². The zero-order valence-electron chi connectivity index (χ0n) is 11.4. The van der Waals surface area contributed by atoms with Crippen LogP contribution in [0.15, 0.2) is 45.5 Å². The third-order valence-electron chi connectivity index (χ3n) is 2.93. The smallest absolute Gasteiger partial charge is 0.124 e. The summed E-state index contributed by atoms with van der Waals surface area (Å²) in [6.07, 6.45) is 1.80. The van der Waals surface area contributed by atoms with Crippen molar-refractivity contribution in [2.45, 2.75) is 13.0 Å². The van der Waals surface area contributed by atoms with E-state index in [2.05, 4.69) is 48.2 Å². The Kier molecular flexibility index (Phi) is 5.57. The van der Waals surface area contributed by atoms with E-state index in [1.165, 1.54) is 0 Å². The average molecular weight is 400 g/mol. The summed E-state index contributed by atoms with van der Waals surface area (Å²) in [6, 6.07) is 9.99. The average Bonchev–Trinajstić information content (AvgIpc) is 2.44. The molecular formula is C15H16Br2N2O. The van der Waals surface area contributed by atoms with E-state index in [0.29, 0.717) is 6.61 Å². The van der Waals surface area contributed by atoms with Crippen molar-refractivity contribution in [1.29, 1.82) is 0 Å². The summed E-state index contributed by atoms with van der Waals surface area (Å²) in [5.41, 5.74) is 2.01. The number of nitrogens with one attached hydrogen (secondary N) is 1. The van der Waals surface area contributed by atoms with Gasteiger partial charge in [0.1, 0.15) is 5.75 Å². The third kappa shape index (κ3) is 3.40. The Morgan fingerprint density at radius 1 is 1.30 bits per heavy atom. The van der Waals surface area contributed by atoms with E-state index >= 15 is 0 Å². The summed E-state index contributed by atoms with van der Waals surface area (Å²) in [6.45, 7) is 2.63. The highest BCUT2D eigenvalue weighted by molar-refractivity contribution is 9.11. The molecule has 3 nitrogen and oxygen atoms in total. The second-order valence-electron chi connectivity index (χ2n) is 4.21. The molecule has 0 saturated carbocycles. The fraction of sp³-hybridized carbons (Fsp3) is 0.267. The molecule has 20 heavy (non-hydrogen) atoms. The van der Waals surface area contributed by atoms with E-state index in [9.17, 15) is 0 Å². The van der Waals surface area contributed by atoms with Crippen LogP contribution in [0.5, 0.6) is 5.75 Å². The maximum absolute atomic E-state index is 5.71. The summed E-state index contributed by atoms with van der Waals surface area (Å²) in [5, 5.41) is 3.31. The van der Waals surface area contributed by atoms with Crippen molar-refractivity contribution in [3.05, 3.63) is 56.7 Å². The normalized spacial score (nSPS) is 12.2. The maximum atomic E-state index is 5.71. The first-order valence-electron chi connectivity index (χ1n) is 6.37. The Morgan fingerprint density at radius 2 is 2.05 bits per heavy atom. The van der Waals surface area contributed by atoms with Crippen LogP contribution in [-0.2, 0) is 0 Å². The Morgan fingerprint density at radius 3 is 2.70 bits per heavy atom. The van der Waals surface area contributed by atoms with E-state index < -0.39 is 0 Å². The molecule has 5 heteroatoms. The molecule has 2 aromatic rings. The molecular weight excluding hydrogens is 384 g/mol. The molecule has 1 aromatic heterocycles. The van der Waals surface area contributed by atoms with Gasteiger partial charge in [0.05, 0.1) is 18.3 Å². The van der Waals surface area contributed by atoms with Crippen molar-refractivity contribution in [2.75, 3.05) is 13.7 Å². The quantitative estimate of drug-likeness (QED) is 0.813. The standard InChI is InChI=1S/C15H16Br2N2O/c1-3-20-13-7-5-4-6-11(13)14(18-2)15-12(17)8-10(16)9-19-15/h4-9,14,18H,3H2,1-2H3. The van der Waals surface area contributed by atoms with Crippen LogP contribution in [0.1, 0.15) is 24.2 Å². The molecule has 1 N–H and O–H groups in total. The lowest BCUT2D eigenvalue weighted by Gasteiger charge is -2.20. The van der Waals surface area contributed by atoms with Gasteiger partial charge in [-0.2, -0.15) is 0 Å². The molecule has 0 spiro atoms. The molecule has 0 saturated heterocycles. The van der Waals surface area contributed by atoms with Gasteiger partial charge in [-0.1, -0.05) is 18.2 Å². The van der Waals surface area contributed by atoms with Crippen molar-refractivity contribution >= 4 is 31.9 Å². The molecule has 2 rings (SSSR count). The maximum Gasteiger partial charge on any atom is 0.124 e. The topological polar surface area (TPSA) is 34.1 Å². The zero-order chi connectivity index (χ0) is 14.5. The van der Waals surface area contributed by atoms with Crippen LogP contribution < -0.4 is 10.1 Å². The highest BCUT2D eigenvalue weighted by Gasteiger charge is 2.20. The van der Waals surface area contributed by atoms with E-state index in [1.54, 1.807) is 6.20 Å². The fourth-order valence-corrected chi connectivity index (χ4v) is 3.30. The second-order valence-corrected chi connectivity index (χ2v) is 5.98. The molecule has 1 unspecified atom stereocenters. The van der Waals surface area contributed by atoms with Crippen LogP contribution in [-0.4, -0.2) is 18.6 Å². The van der Waals surface area contributed by atoms with Crippen molar-refractivity contribution in [3.63, 3.8) is 0 Å². The first-order chi connectivity index (χ1) is 9.67. The largest absolute Gasteiger partial charge is 0.494 e. The van der Waals surface area contributed by atoms with Crippen molar-refractivity contribution in [1.82, 2.24) is 10.3 Å². The molecule has 1 atom stereocenters. The Hall–Kier alpha value is -0.910. The molecule has 1 aromatic carbocycles. The summed E-state index contributed by atoms with van der Waals surface area (Å²) in [5.74, 6) is 0.881. The minimum absolute atomic E-state index is 0.0276. The highest BCUT2D eigenvalue weighted by Crippen LogP contribution is 2.33. The van der Waals surface area contributed by atoms with Crippen LogP contribution in [0.3, 0.4) is 0 Å². The third-order valence-corrected chi connectivity index (χ3v) is 4.00. The van der Waals surface area contributed by atoms with Gasteiger partial charge in [0.15, 0.2) is 0 Å². The minimum atomic E-state index is -0.0276. The molecule has 0 fully saturated rings. The number of benzene rings is 1. The highest BCUT2D eigenvalue weighted by atomic mass is 79.9. The van der Waals surface area contributed by atoms with E-state index in [1.807, 2.05) is 38.2 Å². The van der Waals surface area contributed by atoms with Gasteiger partial charge in [-0.3, -0.25) is 4.98 Å². The number of aromatic nitrogens is 1. The van der Waals surface area contributed by atoms with Gasteiger partial charge in [0.2, 0.25) is 0 Å². The van der Waals surface area contributed by atoms with Gasteiger partial charge in [0.25, 0.3) is 0 Å². The summed E-state index contributed by atoms with van der Waals surface area (Å²) in [7, 11) is 1.92. The Balaban J connectivity index is 2.47. The number of nitrogens with zero attached hydrogens (tertiary/aromatic N) is 1. The minimum Gasteiger partial charge on any atom is -0.494 e. The first kappa shape index (κ1) is 15.5. The predicted octanol–water partition coefficient (Wildman–Crippen LogP) is 4.31. The number of hydrogen-bond donors (Lipinski definition) is 1. The number of halogens is 2. The number of para-hydroxylation sites is 1. The number of rotatable bonds is 5. The first-order valence-corrected chi connectivity index (χ1v) is 7.96. The van der Waals surface area contributed by atoms with Gasteiger partial charge in [-0.15, -0.1) is 0 Å². The number of ether oxygens (including phenoxy) is 1. The lowest BCUT2D eigenvalue weighted by molar-refractivity contribution is 0.334. The van der Waals surface area contributed by atoms with Gasteiger partial charge in [-0.25, -0.2) is 0 Å². The van der Waals surface area contributed by atoms with Crippen LogP contribution >= 0.6 is 31.9 Å². The SMILES string of the molecule is CCOc1ccccc1C(NC)c1ncc(Br)cc1Br. The van der Waals surface area contributed by atoms with Crippen LogP contribution in [0.2, 0.25) is 0 Å². The zero-order valence-corrected chi connectivity index (χ0v) is 14.5. The number of hydrogen-bond acceptors (Lipinski definition) is 3. The fourth-order valence-electron chi connectivity index (χ4n) is 2.08. The molecule has 106 valence electrons. The molecule has 1 heterocycles. The molecule has 0 amide bonds. The lowest BCUT2D eigenvalue weighted by Crippen LogP contribution is -2.20. The Labute approximate surface area is 136 Å². The molecule has 0 aliphatic heterocycles. The van der Waals surface area contributed by atoms with Crippen LogP contribution in [0.4, 0.5) is 0 Å². The van der Waals surface area contributed by atoms with Gasteiger partial charge >= 0.3 is 0 Å².